The number of nitrogens with two attached hydrogens (primary N) is 1. The van der Waals surface area contributed by atoms with E-state index in [4.69, 9.17) is 5.73 Å². The van der Waals surface area contributed by atoms with E-state index in [9.17, 15) is 13.2 Å². The van der Waals surface area contributed by atoms with Gasteiger partial charge in [-0.2, -0.15) is 13.2 Å². The number of nitrogens with zero attached hydrogens (tertiary/aromatic N) is 1. The van der Waals surface area contributed by atoms with Gasteiger partial charge in [-0.15, -0.1) is 11.3 Å². The zero-order chi connectivity index (χ0) is 13.7. The van der Waals surface area contributed by atoms with Gasteiger partial charge in [-0.1, -0.05) is 0 Å². The van der Waals surface area contributed by atoms with Gasteiger partial charge in [0, 0.05) is 4.88 Å². The third-order valence-corrected chi connectivity index (χ3v) is 5.74. The summed E-state index contributed by atoms with van der Waals surface area (Å²) in [6, 6.07) is 0. The zero-order valence-electron chi connectivity index (χ0n) is 10.6. The fourth-order valence-corrected chi connectivity index (χ4v) is 4.39. The molecule has 106 valence electrons. The smallest absolute Gasteiger partial charge is 0.319 e. The van der Waals surface area contributed by atoms with Gasteiger partial charge >= 0.3 is 6.18 Å². The monoisotopic (exact) mass is 290 g/mol. The number of aryl methyl sites for hydroxylation is 2. The van der Waals surface area contributed by atoms with E-state index in [1.54, 1.807) is 11.3 Å². The lowest BCUT2D eigenvalue weighted by atomic mass is 9.77. The largest absolute Gasteiger partial charge is 0.391 e. The van der Waals surface area contributed by atoms with Crippen LogP contribution >= 0.6 is 11.3 Å². The van der Waals surface area contributed by atoms with Gasteiger partial charge in [0.1, 0.15) is 5.01 Å². The first-order valence-corrected chi connectivity index (χ1v) is 7.55. The van der Waals surface area contributed by atoms with Crippen LogP contribution in [0.2, 0.25) is 0 Å². The van der Waals surface area contributed by atoms with Crippen LogP contribution < -0.4 is 5.73 Å². The van der Waals surface area contributed by atoms with Crippen molar-refractivity contribution < 1.29 is 13.2 Å². The van der Waals surface area contributed by atoms with Gasteiger partial charge in [0.05, 0.1) is 17.2 Å². The quantitative estimate of drug-likeness (QED) is 0.859. The molecule has 0 bridgehead atoms. The number of hydrogen-bond acceptors (Lipinski definition) is 3. The number of rotatable bonds is 1. The Labute approximate surface area is 114 Å². The van der Waals surface area contributed by atoms with E-state index in [1.807, 2.05) is 0 Å². The fraction of sp³-hybridized carbons (Fsp3) is 0.769. The molecule has 1 fully saturated rings. The summed E-state index contributed by atoms with van der Waals surface area (Å²) in [7, 11) is 0. The molecule has 1 aromatic rings. The van der Waals surface area contributed by atoms with Crippen LogP contribution in [0.1, 0.15) is 47.7 Å². The van der Waals surface area contributed by atoms with Crippen molar-refractivity contribution in [1.82, 2.24) is 4.98 Å². The summed E-state index contributed by atoms with van der Waals surface area (Å²) in [4.78, 5) is 5.88. The lowest BCUT2D eigenvalue weighted by molar-refractivity contribution is -0.184. The predicted molar refractivity (Wildman–Crippen MR) is 68.0 cm³/mol. The summed E-state index contributed by atoms with van der Waals surface area (Å²) < 4.78 is 38.0. The third kappa shape index (κ3) is 2.40. The molecule has 2 aliphatic rings. The minimum atomic E-state index is -4.08. The Kier molecular flexibility index (Phi) is 3.13. The first-order valence-electron chi connectivity index (χ1n) is 6.73. The Bertz CT molecular complexity index is 451. The zero-order valence-corrected chi connectivity index (χ0v) is 11.4. The Hall–Kier alpha value is -0.620. The van der Waals surface area contributed by atoms with Gasteiger partial charge in [-0.05, 0) is 44.9 Å². The van der Waals surface area contributed by atoms with Crippen molar-refractivity contribution in [2.75, 3.05) is 0 Å². The highest BCUT2D eigenvalue weighted by Crippen LogP contribution is 2.45. The third-order valence-electron chi connectivity index (χ3n) is 4.36. The Morgan fingerprint density at radius 2 is 1.89 bits per heavy atom. The lowest BCUT2D eigenvalue weighted by Crippen LogP contribution is -2.43. The SMILES string of the molecule is NC1(c2nc3c(s2)CCC3)CCC(C(F)(F)F)CC1. The van der Waals surface area contributed by atoms with Crippen LogP contribution in [0.25, 0.3) is 0 Å². The highest BCUT2D eigenvalue weighted by Gasteiger charge is 2.46. The molecule has 0 aliphatic heterocycles. The first-order chi connectivity index (χ1) is 8.88. The molecule has 6 heteroatoms. The van der Waals surface area contributed by atoms with Crippen LogP contribution in [0.4, 0.5) is 13.2 Å². The molecule has 0 saturated heterocycles. The van der Waals surface area contributed by atoms with E-state index >= 15 is 0 Å². The molecular formula is C13H17F3N2S. The number of aromatic nitrogens is 1. The maximum atomic E-state index is 12.7. The summed E-state index contributed by atoms with van der Waals surface area (Å²) in [6.07, 6.45) is 0.150. The van der Waals surface area contributed by atoms with E-state index in [0.29, 0.717) is 12.8 Å². The molecule has 1 saturated carbocycles. The van der Waals surface area contributed by atoms with Crippen LogP contribution in [0.3, 0.4) is 0 Å². The van der Waals surface area contributed by atoms with Gasteiger partial charge in [-0.25, -0.2) is 4.98 Å². The average Bonchev–Trinajstić information content (AvgIpc) is 2.88. The van der Waals surface area contributed by atoms with Crippen molar-refractivity contribution in [3.63, 3.8) is 0 Å². The molecule has 0 spiro atoms. The fourth-order valence-electron chi connectivity index (χ4n) is 3.08. The number of thiazole rings is 1. The van der Waals surface area contributed by atoms with E-state index in [1.165, 1.54) is 4.88 Å². The van der Waals surface area contributed by atoms with Crippen molar-refractivity contribution in [2.24, 2.45) is 11.7 Å². The van der Waals surface area contributed by atoms with E-state index < -0.39 is 17.6 Å². The molecule has 2 N–H and O–H groups in total. The van der Waals surface area contributed by atoms with Crippen molar-refractivity contribution >= 4 is 11.3 Å². The second-order valence-electron chi connectivity index (χ2n) is 5.71. The van der Waals surface area contributed by atoms with Crippen LogP contribution in [-0.4, -0.2) is 11.2 Å². The summed E-state index contributed by atoms with van der Waals surface area (Å²) in [5.74, 6) is -1.18. The Balaban J connectivity index is 1.74. The molecule has 0 radical (unpaired) electrons. The maximum absolute atomic E-state index is 12.7. The molecule has 0 aromatic carbocycles. The van der Waals surface area contributed by atoms with Crippen LogP contribution in [0.15, 0.2) is 0 Å². The standard InChI is InChI=1S/C13H17F3N2S/c14-13(15,16)8-4-6-12(17,7-5-8)11-18-9-2-1-3-10(9)19-11/h8H,1-7,17H2. The highest BCUT2D eigenvalue weighted by molar-refractivity contribution is 7.12. The molecular weight excluding hydrogens is 273 g/mol. The summed E-state index contributed by atoms with van der Waals surface area (Å²) >= 11 is 1.62. The Morgan fingerprint density at radius 3 is 2.47 bits per heavy atom. The molecule has 1 heterocycles. The molecule has 0 amide bonds. The normalized spacial score (nSPS) is 31.5. The molecule has 2 nitrogen and oxygen atoms in total. The van der Waals surface area contributed by atoms with Gasteiger partial charge in [0.2, 0.25) is 0 Å². The molecule has 2 aliphatic carbocycles. The van der Waals surface area contributed by atoms with Crippen molar-refractivity contribution in [3.05, 3.63) is 15.6 Å². The molecule has 3 rings (SSSR count). The average molecular weight is 290 g/mol. The molecule has 0 unspecified atom stereocenters. The topological polar surface area (TPSA) is 38.9 Å². The van der Waals surface area contributed by atoms with E-state index in [0.717, 1.165) is 30.0 Å². The van der Waals surface area contributed by atoms with Crippen LogP contribution in [-0.2, 0) is 18.4 Å². The molecule has 0 atom stereocenters. The maximum Gasteiger partial charge on any atom is 0.391 e. The molecule has 19 heavy (non-hydrogen) atoms. The van der Waals surface area contributed by atoms with Gasteiger partial charge in [-0.3, -0.25) is 0 Å². The second kappa shape index (κ2) is 4.45. The van der Waals surface area contributed by atoms with Crippen molar-refractivity contribution in [2.45, 2.75) is 56.7 Å². The van der Waals surface area contributed by atoms with E-state index in [2.05, 4.69) is 4.98 Å². The lowest BCUT2D eigenvalue weighted by Gasteiger charge is -2.36. The number of fused-ring (bicyclic) bond motifs is 1. The molecule has 1 aromatic heterocycles. The number of halogens is 3. The van der Waals surface area contributed by atoms with Gasteiger partial charge < -0.3 is 5.73 Å². The summed E-state index contributed by atoms with van der Waals surface area (Å²) in [6.45, 7) is 0. The minimum absolute atomic E-state index is 0.129. The first kappa shape index (κ1) is 13.4. The Morgan fingerprint density at radius 1 is 1.21 bits per heavy atom. The van der Waals surface area contributed by atoms with Crippen molar-refractivity contribution in [3.8, 4) is 0 Å². The second-order valence-corrected chi connectivity index (χ2v) is 6.80. The van der Waals surface area contributed by atoms with Crippen molar-refractivity contribution in [1.29, 1.82) is 0 Å². The van der Waals surface area contributed by atoms with Crippen LogP contribution in [0.5, 0.6) is 0 Å². The summed E-state index contributed by atoms with van der Waals surface area (Å²) in [5.41, 5.74) is 6.83. The van der Waals surface area contributed by atoms with Gasteiger partial charge in [0.25, 0.3) is 0 Å². The number of alkyl halides is 3. The van der Waals surface area contributed by atoms with E-state index in [-0.39, 0.29) is 12.8 Å². The summed E-state index contributed by atoms with van der Waals surface area (Å²) in [5, 5.41) is 0.859. The van der Waals surface area contributed by atoms with Crippen LogP contribution in [0, 0.1) is 5.92 Å². The highest BCUT2D eigenvalue weighted by atomic mass is 32.1. The predicted octanol–water partition coefficient (Wildman–Crippen LogP) is 3.54. The minimum Gasteiger partial charge on any atom is -0.319 e. The number of hydrogen-bond donors (Lipinski definition) is 1. The van der Waals surface area contributed by atoms with Gasteiger partial charge in [0.15, 0.2) is 0 Å².